The summed E-state index contributed by atoms with van der Waals surface area (Å²) in [7, 11) is 3.07. The summed E-state index contributed by atoms with van der Waals surface area (Å²) in [5.41, 5.74) is 0.500. The fraction of sp³-hybridized carbons (Fsp3) is 0.467. The molecular formula is C15H20N2O5. The average Bonchev–Trinajstić information content (AvgIpc) is 2.53. The van der Waals surface area contributed by atoms with Gasteiger partial charge in [-0.1, -0.05) is 0 Å². The fourth-order valence-electron chi connectivity index (χ4n) is 2.52. The van der Waals surface area contributed by atoms with Gasteiger partial charge in [0.2, 0.25) is 0 Å². The number of amides is 1. The Kier molecular flexibility index (Phi) is 5.21. The van der Waals surface area contributed by atoms with E-state index in [0.29, 0.717) is 43.2 Å². The summed E-state index contributed by atoms with van der Waals surface area (Å²) in [5, 5.41) is 10.6. The van der Waals surface area contributed by atoms with Crippen LogP contribution in [0.5, 0.6) is 11.5 Å². The third-order valence-electron chi connectivity index (χ3n) is 3.75. The summed E-state index contributed by atoms with van der Waals surface area (Å²) in [6.07, 6.45) is 0. The van der Waals surface area contributed by atoms with Gasteiger partial charge in [-0.15, -0.1) is 0 Å². The zero-order valence-electron chi connectivity index (χ0n) is 12.8. The van der Waals surface area contributed by atoms with Crippen molar-refractivity contribution in [1.29, 1.82) is 0 Å². The number of carboxylic acids is 1. The summed E-state index contributed by atoms with van der Waals surface area (Å²) in [6.45, 7) is 2.21. The van der Waals surface area contributed by atoms with E-state index in [1.807, 2.05) is 0 Å². The van der Waals surface area contributed by atoms with Crippen LogP contribution in [0, 0.1) is 0 Å². The normalized spacial score (nSPS) is 15.5. The average molecular weight is 308 g/mol. The van der Waals surface area contributed by atoms with Gasteiger partial charge in [0, 0.05) is 11.6 Å². The van der Waals surface area contributed by atoms with Gasteiger partial charge in [0.15, 0.2) is 0 Å². The highest BCUT2D eigenvalue weighted by Crippen LogP contribution is 2.23. The number of benzene rings is 1. The summed E-state index contributed by atoms with van der Waals surface area (Å²) >= 11 is 0. The monoisotopic (exact) mass is 308 g/mol. The van der Waals surface area contributed by atoms with Crippen LogP contribution < -0.4 is 19.5 Å². The highest BCUT2D eigenvalue weighted by molar-refractivity contribution is 5.95. The molecule has 0 radical (unpaired) electrons. The van der Waals surface area contributed by atoms with Crippen LogP contribution in [0.3, 0.4) is 0 Å². The first-order valence-corrected chi connectivity index (χ1v) is 7.09. The van der Waals surface area contributed by atoms with Gasteiger partial charge in [-0.2, -0.15) is 0 Å². The summed E-state index contributed by atoms with van der Waals surface area (Å²) < 4.78 is 10.3. The van der Waals surface area contributed by atoms with Crippen LogP contribution in [0.15, 0.2) is 18.2 Å². The number of carboxylic acid groups (broad SMARTS) is 1. The van der Waals surface area contributed by atoms with Crippen LogP contribution >= 0.6 is 0 Å². The van der Waals surface area contributed by atoms with Gasteiger partial charge in [-0.05, 0) is 12.1 Å². The Labute approximate surface area is 129 Å². The molecule has 7 nitrogen and oxygen atoms in total. The summed E-state index contributed by atoms with van der Waals surface area (Å²) in [5.74, 6) is -0.0511. The minimum Gasteiger partial charge on any atom is -0.544 e. The zero-order chi connectivity index (χ0) is 16.1. The first kappa shape index (κ1) is 16.1. The second-order valence-corrected chi connectivity index (χ2v) is 5.19. The quantitative estimate of drug-likeness (QED) is 0.667. The molecule has 0 atom stereocenters. The molecule has 1 fully saturated rings. The lowest BCUT2D eigenvalue weighted by Crippen LogP contribution is -3.16. The van der Waals surface area contributed by atoms with Crippen LogP contribution in [0.4, 0.5) is 0 Å². The van der Waals surface area contributed by atoms with Crippen LogP contribution in [0.25, 0.3) is 0 Å². The van der Waals surface area contributed by atoms with Gasteiger partial charge in [0.25, 0.3) is 5.91 Å². The number of rotatable bonds is 5. The molecule has 1 aromatic rings. The van der Waals surface area contributed by atoms with Gasteiger partial charge in [-0.3, -0.25) is 4.79 Å². The first-order chi connectivity index (χ1) is 10.5. The van der Waals surface area contributed by atoms with Crippen molar-refractivity contribution in [1.82, 2.24) is 4.90 Å². The molecule has 0 saturated carbocycles. The Bertz CT molecular complexity index is 531. The number of quaternary nitrogens is 1. The van der Waals surface area contributed by atoms with Crippen molar-refractivity contribution in [2.75, 3.05) is 46.9 Å². The molecular weight excluding hydrogens is 288 g/mol. The predicted octanol–water partition coefficient (Wildman–Crippen LogP) is -2.21. The number of nitrogens with one attached hydrogen (secondary N) is 1. The number of carbonyl (C=O) groups is 2. The van der Waals surface area contributed by atoms with Gasteiger partial charge in [0.1, 0.15) is 18.0 Å². The highest BCUT2D eigenvalue weighted by Gasteiger charge is 2.25. The molecule has 1 N–H and O–H groups in total. The molecule has 0 spiro atoms. The number of methoxy groups -OCH3 is 2. The molecule has 1 aliphatic rings. The van der Waals surface area contributed by atoms with Gasteiger partial charge in [-0.25, -0.2) is 0 Å². The highest BCUT2D eigenvalue weighted by atomic mass is 16.5. The number of hydrogen-bond acceptors (Lipinski definition) is 5. The molecule has 120 valence electrons. The summed E-state index contributed by atoms with van der Waals surface area (Å²) in [6, 6.07) is 5.05. The largest absolute Gasteiger partial charge is 0.544 e. The van der Waals surface area contributed by atoms with Crippen LogP contribution in [0.2, 0.25) is 0 Å². The molecule has 7 heteroatoms. The first-order valence-electron chi connectivity index (χ1n) is 7.09. The lowest BCUT2D eigenvalue weighted by Gasteiger charge is -2.32. The third-order valence-corrected chi connectivity index (χ3v) is 3.75. The number of aliphatic carboxylic acids is 1. The number of carbonyl (C=O) groups excluding carboxylic acids is 2. The van der Waals surface area contributed by atoms with Gasteiger partial charge in [0.05, 0.1) is 46.4 Å². The van der Waals surface area contributed by atoms with Gasteiger partial charge < -0.3 is 29.2 Å². The molecule has 0 bridgehead atoms. The fourth-order valence-corrected chi connectivity index (χ4v) is 2.52. The Morgan fingerprint density at radius 3 is 2.14 bits per heavy atom. The third kappa shape index (κ3) is 3.88. The van der Waals surface area contributed by atoms with Crippen LogP contribution in [-0.4, -0.2) is 63.7 Å². The second-order valence-electron chi connectivity index (χ2n) is 5.19. The minimum absolute atomic E-state index is 0.0188. The predicted molar refractivity (Wildman–Crippen MR) is 76.0 cm³/mol. The number of hydrogen-bond donors (Lipinski definition) is 1. The van der Waals surface area contributed by atoms with Crippen molar-refractivity contribution in [3.05, 3.63) is 23.8 Å². The number of nitrogens with zero attached hydrogens (tertiary/aromatic N) is 1. The molecule has 2 rings (SSSR count). The van der Waals surface area contributed by atoms with E-state index in [1.165, 1.54) is 14.2 Å². The molecule has 1 saturated heterocycles. The molecule has 0 unspecified atom stereocenters. The second kappa shape index (κ2) is 7.13. The van der Waals surface area contributed by atoms with Crippen molar-refractivity contribution in [3.63, 3.8) is 0 Å². The molecule has 22 heavy (non-hydrogen) atoms. The molecule has 0 aromatic heterocycles. The zero-order valence-corrected chi connectivity index (χ0v) is 12.8. The lowest BCUT2D eigenvalue weighted by atomic mass is 10.1. The van der Waals surface area contributed by atoms with E-state index in [2.05, 4.69) is 0 Å². The molecule has 1 aliphatic heterocycles. The molecule has 0 aliphatic carbocycles. The SMILES string of the molecule is COc1cc(OC)cc(C(=O)N2CC[NH+](CC(=O)[O-])CC2)c1. The smallest absolute Gasteiger partial charge is 0.254 e. The standard InChI is InChI=1S/C15H20N2O5/c1-21-12-7-11(8-13(9-12)22-2)15(20)17-5-3-16(4-6-17)10-14(18)19/h7-9H,3-6,10H2,1-2H3,(H,18,19). The topological polar surface area (TPSA) is 83.3 Å². The molecule has 1 aromatic carbocycles. The Hall–Kier alpha value is -2.28. The van der Waals surface area contributed by atoms with E-state index in [4.69, 9.17) is 9.47 Å². The number of ether oxygens (including phenoxy) is 2. The Morgan fingerprint density at radius 1 is 1.14 bits per heavy atom. The maximum atomic E-state index is 12.5. The van der Waals surface area contributed by atoms with E-state index in [1.54, 1.807) is 23.1 Å². The van der Waals surface area contributed by atoms with Crippen molar-refractivity contribution in [2.24, 2.45) is 0 Å². The lowest BCUT2D eigenvalue weighted by molar-refractivity contribution is -0.898. The maximum Gasteiger partial charge on any atom is 0.254 e. The molecule has 1 amide bonds. The minimum atomic E-state index is -1.06. The van der Waals surface area contributed by atoms with E-state index in [-0.39, 0.29) is 12.5 Å². The summed E-state index contributed by atoms with van der Waals surface area (Å²) in [4.78, 5) is 25.8. The number of piperazine rings is 1. The van der Waals surface area contributed by atoms with Crippen molar-refractivity contribution in [3.8, 4) is 11.5 Å². The van der Waals surface area contributed by atoms with Crippen LogP contribution in [0.1, 0.15) is 10.4 Å². The van der Waals surface area contributed by atoms with Gasteiger partial charge >= 0.3 is 0 Å². The van der Waals surface area contributed by atoms with E-state index >= 15 is 0 Å². The van der Waals surface area contributed by atoms with Crippen molar-refractivity contribution >= 4 is 11.9 Å². The van der Waals surface area contributed by atoms with Crippen LogP contribution in [-0.2, 0) is 4.79 Å². The Balaban J connectivity index is 2.05. The Morgan fingerprint density at radius 2 is 1.68 bits per heavy atom. The van der Waals surface area contributed by atoms with Crippen molar-refractivity contribution in [2.45, 2.75) is 0 Å². The maximum absolute atomic E-state index is 12.5. The van der Waals surface area contributed by atoms with E-state index < -0.39 is 5.97 Å². The van der Waals surface area contributed by atoms with E-state index in [9.17, 15) is 14.7 Å². The van der Waals surface area contributed by atoms with E-state index in [0.717, 1.165) is 4.90 Å². The molecule has 1 heterocycles. The van der Waals surface area contributed by atoms with Crippen molar-refractivity contribution < 1.29 is 29.1 Å².